The van der Waals surface area contributed by atoms with E-state index >= 15 is 0 Å². The van der Waals surface area contributed by atoms with Gasteiger partial charge in [-0.2, -0.15) is 0 Å². The molecule has 1 saturated heterocycles. The van der Waals surface area contributed by atoms with E-state index < -0.39 is 6.10 Å². The smallest absolute Gasteiger partial charge is 0.191 e. The third-order valence-electron chi connectivity index (χ3n) is 4.68. The summed E-state index contributed by atoms with van der Waals surface area (Å²) in [5, 5.41) is 16.7. The molecule has 2 heterocycles. The predicted octanol–water partition coefficient (Wildman–Crippen LogP) is 3.64. The van der Waals surface area contributed by atoms with Crippen LogP contribution in [0.1, 0.15) is 29.0 Å². The number of nitrogens with zero attached hydrogens (tertiary/aromatic N) is 2. The summed E-state index contributed by atoms with van der Waals surface area (Å²) >= 11 is 7.33. The summed E-state index contributed by atoms with van der Waals surface area (Å²) in [6.45, 7) is 8.32. The lowest BCUT2D eigenvalue weighted by Crippen LogP contribution is -2.39. The van der Waals surface area contributed by atoms with Crippen LogP contribution in [0.4, 0.5) is 0 Å². The lowest BCUT2D eigenvalue weighted by molar-refractivity contribution is 0.0342. The van der Waals surface area contributed by atoms with Crippen molar-refractivity contribution >= 4 is 52.9 Å². The van der Waals surface area contributed by atoms with Gasteiger partial charge in [-0.15, -0.1) is 35.3 Å². The summed E-state index contributed by atoms with van der Waals surface area (Å²) in [6.07, 6.45) is -0.615. The van der Waals surface area contributed by atoms with Gasteiger partial charge in [0, 0.05) is 37.6 Å². The van der Waals surface area contributed by atoms with Gasteiger partial charge in [-0.1, -0.05) is 35.9 Å². The molecule has 0 bridgehead atoms. The van der Waals surface area contributed by atoms with E-state index in [2.05, 4.69) is 44.8 Å². The highest BCUT2D eigenvalue weighted by atomic mass is 127. The number of morpholine rings is 1. The summed E-state index contributed by atoms with van der Waals surface area (Å²) < 4.78 is 6.08. The number of hydrogen-bond donors (Lipinski definition) is 3. The van der Waals surface area contributed by atoms with Gasteiger partial charge in [0.05, 0.1) is 24.1 Å². The van der Waals surface area contributed by atoms with Gasteiger partial charge in [0.2, 0.25) is 0 Å². The molecular formula is C21H30ClIN4O2S. The molecule has 1 aromatic heterocycles. The number of halogens is 2. The second-order valence-electron chi connectivity index (χ2n) is 6.94. The minimum Gasteiger partial charge on any atom is -0.386 e. The molecule has 1 unspecified atom stereocenters. The molecule has 2 aromatic rings. The van der Waals surface area contributed by atoms with Gasteiger partial charge >= 0.3 is 0 Å². The Kier molecular flexibility index (Phi) is 11.4. The largest absolute Gasteiger partial charge is 0.386 e. The minimum absolute atomic E-state index is 0. The number of aliphatic imine (C=N–C) groups is 1. The normalized spacial score (nSPS) is 16.0. The molecule has 3 rings (SSSR count). The molecule has 1 aliphatic heterocycles. The second-order valence-corrected chi connectivity index (χ2v) is 8.69. The molecule has 0 radical (unpaired) electrons. The second kappa shape index (κ2) is 13.5. The van der Waals surface area contributed by atoms with E-state index in [9.17, 15) is 5.11 Å². The van der Waals surface area contributed by atoms with E-state index in [1.165, 1.54) is 16.9 Å². The lowest BCUT2D eigenvalue weighted by Gasteiger charge is -2.26. The van der Waals surface area contributed by atoms with Crippen molar-refractivity contribution < 1.29 is 9.84 Å². The van der Waals surface area contributed by atoms with Gasteiger partial charge in [0.1, 0.15) is 6.10 Å². The average Bonchev–Trinajstić information content (AvgIpc) is 3.18. The average molecular weight is 565 g/mol. The lowest BCUT2D eigenvalue weighted by atomic mass is 10.1. The standard InChI is InChI=1S/C21H29ClN4O2S.HI/c1-2-23-21(25-14-18(27)19-7-8-20(22)29-19)24-13-16-3-5-17(6-4-16)15-26-9-11-28-12-10-26;/h3-8,18,27H,2,9-15H2,1H3,(H2,23,24,25);1H. The summed E-state index contributed by atoms with van der Waals surface area (Å²) in [7, 11) is 0. The fraction of sp³-hybridized carbons (Fsp3) is 0.476. The van der Waals surface area contributed by atoms with Gasteiger partial charge in [-0.05, 0) is 30.2 Å². The molecule has 30 heavy (non-hydrogen) atoms. The van der Waals surface area contributed by atoms with Gasteiger partial charge in [-0.3, -0.25) is 4.90 Å². The number of rotatable bonds is 8. The first-order valence-electron chi connectivity index (χ1n) is 9.97. The van der Waals surface area contributed by atoms with Gasteiger partial charge < -0.3 is 20.5 Å². The number of guanidine groups is 1. The topological polar surface area (TPSA) is 69.1 Å². The number of benzene rings is 1. The molecule has 0 saturated carbocycles. The first-order valence-corrected chi connectivity index (χ1v) is 11.2. The Bertz CT molecular complexity index is 782. The summed E-state index contributed by atoms with van der Waals surface area (Å²) in [6, 6.07) is 12.3. The molecular weight excluding hydrogens is 535 g/mol. The Morgan fingerprint density at radius 3 is 2.50 bits per heavy atom. The molecule has 9 heteroatoms. The van der Waals surface area contributed by atoms with Crippen molar-refractivity contribution in [2.75, 3.05) is 39.4 Å². The van der Waals surface area contributed by atoms with Crippen molar-refractivity contribution in [1.82, 2.24) is 15.5 Å². The first kappa shape index (κ1) is 25.4. The van der Waals surface area contributed by atoms with Crippen LogP contribution in [0.15, 0.2) is 41.4 Å². The zero-order valence-corrected chi connectivity index (χ0v) is 21.0. The number of hydrogen-bond acceptors (Lipinski definition) is 5. The molecule has 1 atom stereocenters. The van der Waals surface area contributed by atoms with Crippen LogP contribution in [0.3, 0.4) is 0 Å². The molecule has 1 fully saturated rings. The molecule has 0 aliphatic carbocycles. The van der Waals surface area contributed by atoms with E-state index in [1.807, 2.05) is 13.0 Å². The Hall–Kier alpha value is -0.910. The molecule has 3 N–H and O–H groups in total. The van der Waals surface area contributed by atoms with Crippen LogP contribution in [0, 0.1) is 0 Å². The summed E-state index contributed by atoms with van der Waals surface area (Å²) in [5.74, 6) is 0.687. The number of aliphatic hydroxyl groups is 1. The minimum atomic E-state index is -0.615. The van der Waals surface area contributed by atoms with Crippen LogP contribution in [-0.2, 0) is 17.8 Å². The maximum atomic E-state index is 10.3. The Labute approximate surface area is 204 Å². The third-order valence-corrected chi connectivity index (χ3v) is 6.01. The van der Waals surface area contributed by atoms with E-state index in [0.717, 1.165) is 49.8 Å². The van der Waals surface area contributed by atoms with Crippen molar-refractivity contribution in [2.24, 2.45) is 4.99 Å². The maximum Gasteiger partial charge on any atom is 0.191 e. The van der Waals surface area contributed by atoms with Gasteiger partial charge in [0.15, 0.2) is 5.96 Å². The first-order chi connectivity index (χ1) is 14.1. The van der Waals surface area contributed by atoms with Crippen LogP contribution < -0.4 is 10.6 Å². The van der Waals surface area contributed by atoms with Crippen molar-refractivity contribution in [1.29, 1.82) is 0 Å². The van der Waals surface area contributed by atoms with Crippen LogP contribution >= 0.6 is 46.9 Å². The molecule has 0 amide bonds. The van der Waals surface area contributed by atoms with Crippen molar-refractivity contribution in [3.63, 3.8) is 0 Å². The maximum absolute atomic E-state index is 10.3. The molecule has 1 aliphatic rings. The predicted molar refractivity (Wildman–Crippen MR) is 135 cm³/mol. The highest BCUT2D eigenvalue weighted by molar-refractivity contribution is 14.0. The van der Waals surface area contributed by atoms with Gasteiger partial charge in [-0.25, -0.2) is 4.99 Å². The highest BCUT2D eigenvalue weighted by Gasteiger charge is 2.12. The Balaban J connectivity index is 0.00000320. The van der Waals surface area contributed by atoms with Crippen molar-refractivity contribution in [3.8, 4) is 0 Å². The van der Waals surface area contributed by atoms with E-state index in [0.29, 0.717) is 23.4 Å². The monoisotopic (exact) mass is 564 g/mol. The van der Waals surface area contributed by atoms with Crippen molar-refractivity contribution in [3.05, 3.63) is 56.7 Å². The number of ether oxygens (including phenoxy) is 1. The summed E-state index contributed by atoms with van der Waals surface area (Å²) in [5.41, 5.74) is 2.46. The quantitative estimate of drug-likeness (QED) is 0.260. The fourth-order valence-corrected chi connectivity index (χ4v) is 4.13. The molecule has 6 nitrogen and oxygen atoms in total. The molecule has 166 valence electrons. The number of thiophene rings is 1. The third kappa shape index (κ3) is 8.32. The highest BCUT2D eigenvalue weighted by Crippen LogP contribution is 2.26. The van der Waals surface area contributed by atoms with Gasteiger partial charge in [0.25, 0.3) is 0 Å². The number of nitrogens with one attached hydrogen (secondary N) is 2. The van der Waals surface area contributed by atoms with Crippen LogP contribution in [0.25, 0.3) is 0 Å². The van der Waals surface area contributed by atoms with Crippen LogP contribution in [0.2, 0.25) is 4.34 Å². The fourth-order valence-electron chi connectivity index (χ4n) is 3.08. The van der Waals surface area contributed by atoms with E-state index in [-0.39, 0.29) is 24.0 Å². The molecule has 0 spiro atoms. The zero-order chi connectivity index (χ0) is 20.5. The number of aliphatic hydroxyl groups excluding tert-OH is 1. The van der Waals surface area contributed by atoms with Crippen LogP contribution in [-0.4, -0.2) is 55.4 Å². The Morgan fingerprint density at radius 2 is 1.87 bits per heavy atom. The summed E-state index contributed by atoms with van der Waals surface area (Å²) in [4.78, 5) is 7.89. The Morgan fingerprint density at radius 1 is 1.17 bits per heavy atom. The van der Waals surface area contributed by atoms with Crippen LogP contribution in [0.5, 0.6) is 0 Å². The van der Waals surface area contributed by atoms with E-state index in [1.54, 1.807) is 6.07 Å². The zero-order valence-electron chi connectivity index (χ0n) is 17.1. The molecule has 1 aromatic carbocycles. The van der Waals surface area contributed by atoms with E-state index in [4.69, 9.17) is 16.3 Å². The van der Waals surface area contributed by atoms with Crippen molar-refractivity contribution in [2.45, 2.75) is 26.1 Å². The SMILES string of the molecule is CCNC(=NCc1ccc(CN2CCOCC2)cc1)NCC(O)c1ccc(Cl)s1.I.